The molecule has 1 atom stereocenters. The molecule has 2 rings (SSSR count). The van der Waals surface area contributed by atoms with Crippen LogP contribution in [0.25, 0.3) is 11.2 Å². The number of carbonyl (C=O) groups excluding carboxylic acids is 1. The Morgan fingerprint density at radius 1 is 1.42 bits per heavy atom. The summed E-state index contributed by atoms with van der Waals surface area (Å²) in [5, 5.41) is 0. The van der Waals surface area contributed by atoms with E-state index in [4.69, 9.17) is 20.9 Å². The molecule has 2 aromatic rings. The highest BCUT2D eigenvalue weighted by Crippen LogP contribution is 2.06. The van der Waals surface area contributed by atoms with Crippen molar-refractivity contribution in [3.8, 4) is 0 Å². The maximum absolute atomic E-state index is 11.6. The van der Waals surface area contributed by atoms with Crippen molar-refractivity contribution in [3.63, 3.8) is 0 Å². The number of anilines is 1. The zero-order valence-electron chi connectivity index (χ0n) is 13.4. The zero-order chi connectivity index (χ0) is 17.0. The maximum Gasteiger partial charge on any atom is 0.323 e. The van der Waals surface area contributed by atoms with Gasteiger partial charge in [-0.1, -0.05) is 13.8 Å². The Balaban J connectivity index is 0.00000288. The lowest BCUT2D eigenvalue weighted by molar-refractivity contribution is -0.148. The van der Waals surface area contributed by atoms with E-state index in [0.29, 0.717) is 5.65 Å². The van der Waals surface area contributed by atoms with Crippen LogP contribution in [0, 0.1) is 5.92 Å². The molecule has 0 fully saturated rings. The second-order valence-electron chi connectivity index (χ2n) is 5.31. The Hall–Kier alpha value is -2.17. The maximum atomic E-state index is 11.6. The lowest BCUT2D eigenvalue weighted by Gasteiger charge is -2.14. The number of nitrogens with zero attached hydrogens (tertiary/aromatic N) is 3. The fraction of sp³-hybridized carbons (Fsp3) is 0.538. The van der Waals surface area contributed by atoms with Crippen LogP contribution in [-0.2, 0) is 21.0 Å². The summed E-state index contributed by atoms with van der Waals surface area (Å²) in [5.74, 6) is -0.450. The molecule has 10 nitrogen and oxygen atoms in total. The number of nitrogen functional groups attached to an aromatic ring is 1. The van der Waals surface area contributed by atoms with E-state index in [0.717, 1.165) is 0 Å². The first kappa shape index (κ1) is 19.9. The monoisotopic (exact) mass is 359 g/mol. The normalized spacial score (nSPS) is 12.2. The molecule has 0 aliphatic rings. The third kappa shape index (κ3) is 4.66. The number of fused-ring (bicyclic) bond motifs is 1. The minimum Gasteiger partial charge on any atom is -1.00 e. The molecule has 2 heterocycles. The van der Waals surface area contributed by atoms with Gasteiger partial charge in [0, 0.05) is 0 Å². The van der Waals surface area contributed by atoms with Crippen LogP contribution >= 0.6 is 0 Å². The van der Waals surface area contributed by atoms with Crippen molar-refractivity contribution in [1.29, 1.82) is 0 Å². The van der Waals surface area contributed by atoms with Gasteiger partial charge in [0.15, 0.2) is 11.2 Å². The van der Waals surface area contributed by atoms with Gasteiger partial charge in [0.25, 0.3) is 5.56 Å². The van der Waals surface area contributed by atoms with Gasteiger partial charge in [0.05, 0.1) is 12.9 Å². The van der Waals surface area contributed by atoms with E-state index in [-0.39, 0.29) is 49.7 Å². The molecule has 11 heteroatoms. The van der Waals surface area contributed by atoms with Crippen molar-refractivity contribution in [3.05, 3.63) is 16.7 Å². The van der Waals surface area contributed by atoms with Crippen LogP contribution in [0.2, 0.25) is 0 Å². The van der Waals surface area contributed by atoms with Gasteiger partial charge >= 0.3 is 5.97 Å². The largest absolute Gasteiger partial charge is 1.00 e. The van der Waals surface area contributed by atoms with Crippen LogP contribution in [0.3, 0.4) is 0 Å². The van der Waals surface area contributed by atoms with E-state index in [1.54, 1.807) is 0 Å². The Labute approximate surface area is 143 Å². The summed E-state index contributed by atoms with van der Waals surface area (Å²) in [6, 6.07) is -0.647. The van der Waals surface area contributed by atoms with Crippen molar-refractivity contribution in [2.45, 2.75) is 26.6 Å². The molecule has 0 bridgehead atoms. The molecule has 2 aromatic heterocycles. The van der Waals surface area contributed by atoms with Crippen molar-refractivity contribution in [2.75, 3.05) is 18.9 Å². The van der Waals surface area contributed by atoms with Gasteiger partial charge in [-0.25, -0.2) is 4.98 Å². The Bertz CT molecular complexity index is 744. The van der Waals surface area contributed by atoms with Crippen molar-refractivity contribution >= 4 is 23.1 Å². The molecule has 24 heavy (non-hydrogen) atoms. The van der Waals surface area contributed by atoms with Crippen molar-refractivity contribution < 1.29 is 26.7 Å². The third-order valence-electron chi connectivity index (χ3n) is 3.19. The van der Waals surface area contributed by atoms with E-state index >= 15 is 0 Å². The summed E-state index contributed by atoms with van der Waals surface area (Å²) < 4.78 is 11.9. The number of imidazole rings is 1. The highest BCUT2D eigenvalue weighted by molar-refractivity contribution is 5.75. The molecule has 134 valence electrons. The number of nitrogens with two attached hydrogens (primary N) is 2. The molecular formula is C13H20ClN6O4-. The molecule has 0 radical (unpaired) electrons. The Kier molecular flexibility index (Phi) is 7.14. The fourth-order valence-electron chi connectivity index (χ4n) is 1.80. The first-order valence-corrected chi connectivity index (χ1v) is 7.10. The molecule has 1 unspecified atom stereocenters. The van der Waals surface area contributed by atoms with E-state index in [9.17, 15) is 9.59 Å². The Morgan fingerprint density at radius 2 is 2.12 bits per heavy atom. The second kappa shape index (κ2) is 8.62. The number of H-pyrrole nitrogens is 1. The summed E-state index contributed by atoms with van der Waals surface area (Å²) in [6.45, 7) is 4.04. The number of rotatable bonds is 7. The van der Waals surface area contributed by atoms with Crippen LogP contribution in [0.4, 0.5) is 5.95 Å². The van der Waals surface area contributed by atoms with Crippen LogP contribution in [0.15, 0.2) is 11.1 Å². The molecule has 5 N–H and O–H groups in total. The fourth-order valence-corrected chi connectivity index (χ4v) is 1.80. The summed E-state index contributed by atoms with van der Waals surface area (Å²) in [5.41, 5.74) is 11.2. The number of hydrogen-bond acceptors (Lipinski definition) is 8. The summed E-state index contributed by atoms with van der Waals surface area (Å²) in [4.78, 5) is 33.5. The molecule has 0 aliphatic carbocycles. The van der Waals surface area contributed by atoms with E-state index in [1.165, 1.54) is 10.9 Å². The number of aromatic amines is 1. The number of nitrogens with one attached hydrogen (secondary N) is 1. The molecular weight excluding hydrogens is 340 g/mol. The van der Waals surface area contributed by atoms with Gasteiger partial charge < -0.3 is 33.3 Å². The average Bonchev–Trinajstić information content (AvgIpc) is 2.89. The van der Waals surface area contributed by atoms with Gasteiger partial charge in [0.1, 0.15) is 19.4 Å². The number of aromatic nitrogens is 4. The first-order chi connectivity index (χ1) is 10.9. The number of hydrogen-bond donors (Lipinski definition) is 3. The minimum atomic E-state index is -0.647. The number of esters is 1. The number of halogens is 1. The summed E-state index contributed by atoms with van der Waals surface area (Å²) in [7, 11) is 0. The van der Waals surface area contributed by atoms with Crippen LogP contribution in [0.1, 0.15) is 13.8 Å². The smallest absolute Gasteiger partial charge is 0.323 e. The first-order valence-electron chi connectivity index (χ1n) is 7.10. The number of carbonyl (C=O) groups is 1. The van der Waals surface area contributed by atoms with Crippen LogP contribution < -0.4 is 29.4 Å². The van der Waals surface area contributed by atoms with E-state index in [1.807, 2.05) is 13.8 Å². The summed E-state index contributed by atoms with van der Waals surface area (Å²) >= 11 is 0. The predicted molar refractivity (Wildman–Crippen MR) is 82.3 cm³/mol. The van der Waals surface area contributed by atoms with Gasteiger partial charge in [-0.05, 0) is 5.92 Å². The van der Waals surface area contributed by atoms with E-state index < -0.39 is 17.6 Å². The third-order valence-corrected chi connectivity index (χ3v) is 3.19. The quantitative estimate of drug-likeness (QED) is 0.336. The molecule has 0 aromatic carbocycles. The highest BCUT2D eigenvalue weighted by atomic mass is 35.5. The molecule has 0 amide bonds. The topological polar surface area (TPSA) is 151 Å². The minimum absolute atomic E-state index is 0. The van der Waals surface area contributed by atoms with Gasteiger partial charge in [-0.3, -0.25) is 19.1 Å². The van der Waals surface area contributed by atoms with Crippen LogP contribution in [0.5, 0.6) is 0 Å². The second-order valence-corrected chi connectivity index (χ2v) is 5.31. The number of ether oxygens (including phenoxy) is 2. The highest BCUT2D eigenvalue weighted by Gasteiger charge is 2.18. The van der Waals surface area contributed by atoms with Gasteiger partial charge in [-0.15, -0.1) is 0 Å². The molecule has 0 saturated heterocycles. The van der Waals surface area contributed by atoms with Crippen molar-refractivity contribution in [1.82, 2.24) is 19.5 Å². The Morgan fingerprint density at radius 3 is 2.79 bits per heavy atom. The average molecular weight is 360 g/mol. The zero-order valence-corrected chi connectivity index (χ0v) is 14.1. The summed E-state index contributed by atoms with van der Waals surface area (Å²) in [6.07, 6.45) is 1.42. The van der Waals surface area contributed by atoms with Gasteiger partial charge in [0.2, 0.25) is 5.95 Å². The molecule has 0 saturated carbocycles. The lowest BCUT2D eigenvalue weighted by atomic mass is 10.1. The molecule has 0 aliphatic heterocycles. The van der Waals surface area contributed by atoms with E-state index in [2.05, 4.69) is 15.0 Å². The van der Waals surface area contributed by atoms with Crippen LogP contribution in [-0.4, -0.2) is 44.7 Å². The molecule has 0 spiro atoms. The van der Waals surface area contributed by atoms with Gasteiger partial charge in [-0.2, -0.15) is 4.98 Å². The van der Waals surface area contributed by atoms with Crippen molar-refractivity contribution in [2.24, 2.45) is 11.7 Å². The lowest BCUT2D eigenvalue weighted by Crippen LogP contribution is -3.00. The predicted octanol–water partition coefficient (Wildman–Crippen LogP) is -3.79. The standard InChI is InChI=1S/C13H20N6O4.ClH/c1-7(2)8(14)12(21)23-4-3-22-6-19-5-16-9-10(19)17-13(15)18-11(9)20;/h5,7-8H,3-4,6,14H2,1-2H3,(H3,15,17,18,20);1H/p-1. The SMILES string of the molecule is CC(C)C(N)C(=O)OCCOCn1cnc2c(=O)[nH]c(N)nc21.[Cl-].